The van der Waals surface area contributed by atoms with Crippen LogP contribution in [0.4, 0.5) is 0 Å². The van der Waals surface area contributed by atoms with E-state index in [0.29, 0.717) is 0 Å². The number of thioether (sulfide) groups is 1. The maximum Gasteiger partial charge on any atom is 0.132 e. The molecular weight excluding hydrogens is 196 g/mol. The molecule has 1 rings (SSSR count). The molecule has 78 valence electrons. The van der Waals surface area contributed by atoms with E-state index in [9.17, 15) is 15.3 Å². The molecule has 0 aromatic carbocycles. The molecule has 1 saturated heterocycles. The molecule has 0 aliphatic carbocycles. The van der Waals surface area contributed by atoms with Gasteiger partial charge in [-0.1, -0.05) is 0 Å². The Labute approximate surface area is 80.3 Å². The first-order valence-electron chi connectivity index (χ1n) is 3.95. The molecule has 4 N–H and O–H groups in total. The van der Waals surface area contributed by atoms with Gasteiger partial charge in [0.25, 0.3) is 0 Å². The lowest BCUT2D eigenvalue weighted by Crippen LogP contribution is -2.57. The van der Waals surface area contributed by atoms with Crippen molar-refractivity contribution in [3.8, 4) is 0 Å². The lowest BCUT2D eigenvalue weighted by molar-refractivity contribution is -0.205. The smallest absolute Gasteiger partial charge is 0.132 e. The van der Waals surface area contributed by atoms with Crippen LogP contribution in [0.15, 0.2) is 0 Å². The molecule has 0 radical (unpaired) electrons. The number of aliphatic hydroxyl groups is 4. The zero-order valence-corrected chi connectivity index (χ0v) is 8.02. The van der Waals surface area contributed by atoms with Crippen LogP contribution in [-0.4, -0.2) is 63.1 Å². The molecule has 0 aromatic rings. The van der Waals surface area contributed by atoms with Crippen molar-refractivity contribution in [3.63, 3.8) is 0 Å². The van der Waals surface area contributed by atoms with Gasteiger partial charge >= 0.3 is 0 Å². The molecule has 0 spiro atoms. The monoisotopic (exact) mass is 210 g/mol. The van der Waals surface area contributed by atoms with Gasteiger partial charge in [-0.05, 0) is 6.26 Å². The molecule has 0 saturated carbocycles. The summed E-state index contributed by atoms with van der Waals surface area (Å²) < 4.78 is 5.13. The fraction of sp³-hybridized carbons (Fsp3) is 1.00. The van der Waals surface area contributed by atoms with Crippen LogP contribution in [-0.2, 0) is 4.74 Å². The van der Waals surface area contributed by atoms with E-state index in [-0.39, 0.29) is 6.61 Å². The third kappa shape index (κ3) is 2.15. The first-order valence-corrected chi connectivity index (χ1v) is 5.24. The average molecular weight is 210 g/mol. The molecule has 13 heavy (non-hydrogen) atoms. The van der Waals surface area contributed by atoms with Gasteiger partial charge < -0.3 is 25.2 Å². The van der Waals surface area contributed by atoms with Gasteiger partial charge in [-0.3, -0.25) is 0 Å². The minimum Gasteiger partial charge on any atom is -0.394 e. The Morgan fingerprint density at radius 1 is 1.15 bits per heavy atom. The number of hydrogen-bond donors (Lipinski definition) is 4. The van der Waals surface area contributed by atoms with Gasteiger partial charge in [0.15, 0.2) is 0 Å². The average Bonchev–Trinajstić information content (AvgIpc) is 2.15. The zero-order valence-electron chi connectivity index (χ0n) is 7.20. The van der Waals surface area contributed by atoms with Crippen molar-refractivity contribution < 1.29 is 25.2 Å². The third-order valence-electron chi connectivity index (χ3n) is 2.08. The van der Waals surface area contributed by atoms with Crippen molar-refractivity contribution in [2.45, 2.75) is 29.9 Å². The fourth-order valence-corrected chi connectivity index (χ4v) is 1.96. The second-order valence-corrected chi connectivity index (χ2v) is 3.87. The van der Waals surface area contributed by atoms with Gasteiger partial charge in [0.1, 0.15) is 29.9 Å². The van der Waals surface area contributed by atoms with E-state index in [1.54, 1.807) is 6.26 Å². The normalized spacial score (nSPS) is 46.4. The van der Waals surface area contributed by atoms with E-state index in [0.717, 1.165) is 0 Å². The highest BCUT2D eigenvalue weighted by molar-refractivity contribution is 7.99. The van der Waals surface area contributed by atoms with Crippen molar-refractivity contribution in [2.24, 2.45) is 0 Å². The van der Waals surface area contributed by atoms with Crippen molar-refractivity contribution in [3.05, 3.63) is 0 Å². The SMILES string of the molecule is CS[C@@H]1O[C@@H](CO)[C@@H](O)[C@@H](O)[C@H]1O. The van der Waals surface area contributed by atoms with Crippen LogP contribution in [0.5, 0.6) is 0 Å². The van der Waals surface area contributed by atoms with Crippen LogP contribution < -0.4 is 0 Å². The van der Waals surface area contributed by atoms with E-state index in [2.05, 4.69) is 0 Å². The van der Waals surface area contributed by atoms with Crippen molar-refractivity contribution >= 4 is 11.8 Å². The quantitative estimate of drug-likeness (QED) is 0.428. The molecule has 0 bridgehead atoms. The van der Waals surface area contributed by atoms with Crippen molar-refractivity contribution in [2.75, 3.05) is 12.9 Å². The molecule has 1 aliphatic rings. The van der Waals surface area contributed by atoms with Gasteiger partial charge in [0.2, 0.25) is 0 Å². The summed E-state index contributed by atoms with van der Waals surface area (Å²) in [6, 6.07) is 0. The van der Waals surface area contributed by atoms with Gasteiger partial charge in [-0.25, -0.2) is 0 Å². The molecule has 5 atom stereocenters. The van der Waals surface area contributed by atoms with E-state index in [1.807, 2.05) is 0 Å². The van der Waals surface area contributed by atoms with E-state index >= 15 is 0 Å². The van der Waals surface area contributed by atoms with Crippen LogP contribution in [0, 0.1) is 0 Å². The van der Waals surface area contributed by atoms with Crippen LogP contribution in [0.2, 0.25) is 0 Å². The molecule has 1 fully saturated rings. The second-order valence-electron chi connectivity index (χ2n) is 2.93. The van der Waals surface area contributed by atoms with E-state index < -0.39 is 29.9 Å². The Morgan fingerprint density at radius 3 is 2.23 bits per heavy atom. The Morgan fingerprint density at radius 2 is 1.77 bits per heavy atom. The Kier molecular flexibility index (Phi) is 3.96. The van der Waals surface area contributed by atoms with E-state index in [4.69, 9.17) is 9.84 Å². The number of aliphatic hydroxyl groups excluding tert-OH is 4. The summed E-state index contributed by atoms with van der Waals surface area (Å²) >= 11 is 1.22. The largest absolute Gasteiger partial charge is 0.394 e. The van der Waals surface area contributed by atoms with Crippen LogP contribution >= 0.6 is 11.8 Å². The summed E-state index contributed by atoms with van der Waals surface area (Å²) in [5, 5.41) is 36.8. The number of rotatable bonds is 2. The summed E-state index contributed by atoms with van der Waals surface area (Å²) in [7, 11) is 0. The van der Waals surface area contributed by atoms with Crippen molar-refractivity contribution in [1.82, 2.24) is 0 Å². The molecule has 0 aromatic heterocycles. The third-order valence-corrected chi connectivity index (χ3v) is 2.94. The molecule has 6 heteroatoms. The van der Waals surface area contributed by atoms with Gasteiger partial charge in [0, 0.05) is 0 Å². The fourth-order valence-electron chi connectivity index (χ4n) is 1.26. The van der Waals surface area contributed by atoms with Crippen LogP contribution in [0.25, 0.3) is 0 Å². The lowest BCUT2D eigenvalue weighted by atomic mass is 10.0. The molecule has 0 unspecified atom stereocenters. The molecule has 0 amide bonds. The first-order chi connectivity index (χ1) is 6.11. The first kappa shape index (κ1) is 11.2. The molecule has 1 heterocycles. The Hall–Kier alpha value is 0.150. The second kappa shape index (κ2) is 4.59. The van der Waals surface area contributed by atoms with Crippen LogP contribution in [0.3, 0.4) is 0 Å². The minimum absolute atomic E-state index is 0.373. The van der Waals surface area contributed by atoms with E-state index in [1.165, 1.54) is 11.8 Å². The Balaban J connectivity index is 2.66. The minimum atomic E-state index is -1.26. The van der Waals surface area contributed by atoms with Crippen molar-refractivity contribution in [1.29, 1.82) is 0 Å². The summed E-state index contributed by atoms with van der Waals surface area (Å²) in [5.74, 6) is 0. The van der Waals surface area contributed by atoms with Crippen LogP contribution in [0.1, 0.15) is 0 Å². The van der Waals surface area contributed by atoms with Gasteiger partial charge in [-0.2, -0.15) is 0 Å². The predicted octanol–water partition coefficient (Wildman–Crippen LogP) is -1.85. The maximum absolute atomic E-state index is 9.38. The topological polar surface area (TPSA) is 90.2 Å². The Bertz CT molecular complexity index is 147. The number of ether oxygens (including phenoxy) is 1. The standard InChI is InChI=1S/C7H14O5S/c1-13-7-6(11)5(10)4(9)3(2-8)12-7/h3-11H,2H2,1H3/t3-,4+,5+,6+,7-/m0/s1. The van der Waals surface area contributed by atoms with Gasteiger partial charge in [-0.15, -0.1) is 11.8 Å². The summed E-state index contributed by atoms with van der Waals surface area (Å²) in [5.41, 5.74) is -0.601. The zero-order chi connectivity index (χ0) is 10.0. The number of hydrogen-bond acceptors (Lipinski definition) is 6. The maximum atomic E-state index is 9.38. The lowest BCUT2D eigenvalue weighted by Gasteiger charge is -2.39. The van der Waals surface area contributed by atoms with Gasteiger partial charge in [0.05, 0.1) is 6.61 Å². The summed E-state index contributed by atoms with van der Waals surface area (Å²) in [4.78, 5) is 0. The summed E-state index contributed by atoms with van der Waals surface area (Å²) in [6.07, 6.45) is -2.72. The highest BCUT2D eigenvalue weighted by Crippen LogP contribution is 2.26. The summed E-state index contributed by atoms with van der Waals surface area (Å²) in [6.45, 7) is -0.373. The highest BCUT2D eigenvalue weighted by atomic mass is 32.2. The predicted molar refractivity (Wildman–Crippen MR) is 47.3 cm³/mol. The highest BCUT2D eigenvalue weighted by Gasteiger charge is 2.42. The molecular formula is C7H14O5S. The molecule has 5 nitrogen and oxygen atoms in total. The molecule has 1 aliphatic heterocycles.